The summed E-state index contributed by atoms with van der Waals surface area (Å²) in [7, 11) is 0. The monoisotopic (exact) mass is 289 g/mol. The van der Waals surface area contributed by atoms with E-state index in [1.165, 1.54) is 12.2 Å². The number of benzene rings is 1. The summed E-state index contributed by atoms with van der Waals surface area (Å²) in [5.74, 6) is 2.28. The fraction of sp³-hybridized carbons (Fsp3) is 0.300. The number of carbonyl (C=O) groups is 1. The third-order valence-electron chi connectivity index (χ3n) is 2.11. The molecule has 6 heteroatoms. The van der Waals surface area contributed by atoms with Crippen LogP contribution in [-0.4, -0.2) is 17.4 Å². The van der Waals surface area contributed by atoms with Gasteiger partial charge in [-0.2, -0.15) is 0 Å². The van der Waals surface area contributed by atoms with Crippen LogP contribution in [-0.2, 0) is 17.0 Å². The van der Waals surface area contributed by atoms with E-state index in [2.05, 4.69) is 17.4 Å². The van der Waals surface area contributed by atoms with E-state index in [4.69, 9.17) is 12.2 Å². The second-order valence-electron chi connectivity index (χ2n) is 3.39. The molecule has 0 atom stereocenters. The highest BCUT2D eigenvalue weighted by Crippen LogP contribution is 2.80. The summed E-state index contributed by atoms with van der Waals surface area (Å²) in [5.41, 5.74) is 0.840. The van der Waals surface area contributed by atoms with Crippen molar-refractivity contribution in [2.75, 3.05) is 16.8 Å². The molecule has 0 aromatic heterocycles. The van der Waals surface area contributed by atoms with Crippen LogP contribution >= 0.6 is 27.6 Å². The van der Waals surface area contributed by atoms with Crippen molar-refractivity contribution in [3.63, 3.8) is 0 Å². The van der Waals surface area contributed by atoms with E-state index in [0.717, 1.165) is 17.2 Å². The summed E-state index contributed by atoms with van der Waals surface area (Å²) < 4.78 is 0. The van der Waals surface area contributed by atoms with Crippen molar-refractivity contribution in [3.05, 3.63) is 24.3 Å². The first-order chi connectivity index (χ1) is 7.60. The molecule has 1 aromatic carbocycles. The fourth-order valence-electron chi connectivity index (χ4n) is 1.43. The minimum atomic E-state index is -1.42. The van der Waals surface area contributed by atoms with Gasteiger partial charge in [0.25, 0.3) is 0 Å². The standard InChI is InChI=1S/C10H12NOPS3/c1-8(12)11-9-2-4-10(5-3-9)13(14)15-6-7-16-13/h2-5H,6-7H2,1H3,(H,11,12). The molecule has 0 aliphatic carbocycles. The maximum absolute atomic E-state index is 10.9. The minimum absolute atomic E-state index is 0.0414. The van der Waals surface area contributed by atoms with Crippen molar-refractivity contribution < 1.29 is 4.79 Å². The van der Waals surface area contributed by atoms with Crippen LogP contribution in [0.1, 0.15) is 6.92 Å². The van der Waals surface area contributed by atoms with Gasteiger partial charge in [-0.15, -0.1) is 0 Å². The second kappa shape index (κ2) is 5.21. The number of anilines is 1. The van der Waals surface area contributed by atoms with Crippen LogP contribution in [0.3, 0.4) is 0 Å². The number of rotatable bonds is 2. The molecule has 1 N–H and O–H groups in total. The number of nitrogens with one attached hydrogen (secondary N) is 1. The Morgan fingerprint density at radius 1 is 1.31 bits per heavy atom. The molecule has 1 heterocycles. The molecule has 0 radical (unpaired) electrons. The van der Waals surface area contributed by atoms with Gasteiger partial charge in [0.15, 0.2) is 0 Å². The van der Waals surface area contributed by atoms with Crippen molar-refractivity contribution >= 4 is 56.8 Å². The topological polar surface area (TPSA) is 29.1 Å². The molecule has 0 unspecified atom stereocenters. The lowest BCUT2D eigenvalue weighted by Gasteiger charge is -2.22. The summed E-state index contributed by atoms with van der Waals surface area (Å²) in [6.07, 6.45) is 0. The lowest BCUT2D eigenvalue weighted by Crippen LogP contribution is -2.08. The molecule has 1 aromatic rings. The summed E-state index contributed by atoms with van der Waals surface area (Å²) in [6.45, 7) is 1.51. The zero-order valence-corrected chi connectivity index (χ0v) is 12.1. The van der Waals surface area contributed by atoms with Gasteiger partial charge in [0.2, 0.25) is 5.91 Å². The van der Waals surface area contributed by atoms with E-state index < -0.39 is 4.87 Å². The van der Waals surface area contributed by atoms with Gasteiger partial charge in [0, 0.05) is 51.7 Å². The van der Waals surface area contributed by atoms with E-state index >= 15 is 0 Å². The van der Waals surface area contributed by atoms with Crippen LogP contribution in [0, 0.1) is 0 Å². The van der Waals surface area contributed by atoms with Crippen molar-refractivity contribution in [1.82, 2.24) is 0 Å². The quantitative estimate of drug-likeness (QED) is 0.669. The molecule has 1 aliphatic rings. The number of hydrogen-bond donors (Lipinski definition) is 1. The first kappa shape index (κ1) is 12.6. The predicted octanol–water partition coefficient (Wildman–Crippen LogP) is 3.06. The molecule has 1 fully saturated rings. The molecular weight excluding hydrogens is 277 g/mol. The highest BCUT2D eigenvalue weighted by molar-refractivity contribution is 9.15. The van der Waals surface area contributed by atoms with Crippen LogP contribution in [0.2, 0.25) is 0 Å². The maximum Gasteiger partial charge on any atom is 0.221 e. The summed E-state index contributed by atoms with van der Waals surface area (Å²) in [6, 6.07) is 7.98. The van der Waals surface area contributed by atoms with Crippen molar-refractivity contribution in [2.24, 2.45) is 0 Å². The molecule has 0 spiro atoms. The van der Waals surface area contributed by atoms with Gasteiger partial charge >= 0.3 is 0 Å². The van der Waals surface area contributed by atoms with Gasteiger partial charge in [-0.25, -0.2) is 0 Å². The van der Waals surface area contributed by atoms with Gasteiger partial charge in [0.05, 0.1) is 5.30 Å². The highest BCUT2D eigenvalue weighted by atomic mass is 33.4. The van der Waals surface area contributed by atoms with Gasteiger partial charge in [-0.05, 0) is 24.3 Å². The molecule has 1 amide bonds. The minimum Gasteiger partial charge on any atom is -0.526 e. The van der Waals surface area contributed by atoms with Crippen LogP contribution in [0.15, 0.2) is 24.3 Å². The number of amides is 1. The summed E-state index contributed by atoms with van der Waals surface area (Å²) in [4.78, 5) is 9.46. The molecule has 86 valence electrons. The van der Waals surface area contributed by atoms with Gasteiger partial charge in [-0.3, -0.25) is 4.79 Å². The normalized spacial score (nSPS) is 18.4. The smallest absolute Gasteiger partial charge is 0.221 e. The Morgan fingerprint density at radius 2 is 1.88 bits per heavy atom. The Morgan fingerprint density at radius 3 is 2.38 bits per heavy atom. The average Bonchev–Trinajstić information content (AvgIpc) is 2.66. The van der Waals surface area contributed by atoms with Crippen molar-refractivity contribution in [1.29, 1.82) is 0 Å². The maximum atomic E-state index is 10.9. The lowest BCUT2D eigenvalue weighted by molar-refractivity contribution is -0.114. The molecule has 2 nitrogen and oxygen atoms in total. The highest BCUT2D eigenvalue weighted by Gasteiger charge is 2.34. The van der Waals surface area contributed by atoms with E-state index in [0.29, 0.717) is 0 Å². The molecular formula is C10H12NOPS3. The molecule has 1 aliphatic heterocycles. The van der Waals surface area contributed by atoms with Gasteiger partial charge in [0.1, 0.15) is 0 Å². The summed E-state index contributed by atoms with van der Waals surface area (Å²) >= 11 is 9.55. The largest absolute Gasteiger partial charge is 0.526 e. The second-order valence-corrected chi connectivity index (χ2v) is 14.8. The Kier molecular flexibility index (Phi) is 4.11. The zero-order chi connectivity index (χ0) is 11.6. The van der Waals surface area contributed by atoms with E-state index in [1.54, 1.807) is 0 Å². The van der Waals surface area contributed by atoms with Gasteiger partial charge in [-0.1, -0.05) is 0 Å². The SMILES string of the molecule is CC(=O)Nc1ccc([P+]2([S-])SCCS2)cc1. The molecule has 2 rings (SSSR count). The number of hydrogen-bond acceptors (Lipinski definition) is 4. The van der Waals surface area contributed by atoms with Crippen LogP contribution in [0.5, 0.6) is 0 Å². The molecule has 0 bridgehead atoms. The average molecular weight is 289 g/mol. The first-order valence-corrected chi connectivity index (χ1v) is 10.9. The Balaban J connectivity index is 2.15. The van der Waals surface area contributed by atoms with E-state index in [1.807, 2.05) is 34.9 Å². The predicted molar refractivity (Wildman–Crippen MR) is 79.6 cm³/mol. The van der Waals surface area contributed by atoms with E-state index in [-0.39, 0.29) is 5.91 Å². The lowest BCUT2D eigenvalue weighted by atomic mass is 10.3. The molecule has 1 saturated heterocycles. The number of carbonyl (C=O) groups excluding carboxylic acids is 1. The molecule has 16 heavy (non-hydrogen) atoms. The first-order valence-electron chi connectivity index (χ1n) is 4.87. The zero-order valence-electron chi connectivity index (χ0n) is 8.80. The van der Waals surface area contributed by atoms with Gasteiger partial charge < -0.3 is 17.6 Å². The third-order valence-corrected chi connectivity index (χ3v) is 13.6. The Hall–Kier alpha value is 0.170. The summed E-state index contributed by atoms with van der Waals surface area (Å²) in [5, 5.41) is 4.01. The van der Waals surface area contributed by atoms with Crippen molar-refractivity contribution in [3.8, 4) is 0 Å². The van der Waals surface area contributed by atoms with Crippen molar-refractivity contribution in [2.45, 2.75) is 6.92 Å². The molecule has 0 saturated carbocycles. The Labute approximate surface area is 109 Å². The Bertz CT molecular complexity index is 390. The van der Waals surface area contributed by atoms with E-state index in [9.17, 15) is 4.79 Å². The van der Waals surface area contributed by atoms with Crippen LogP contribution < -0.4 is 10.6 Å². The third kappa shape index (κ3) is 2.89. The van der Waals surface area contributed by atoms with Crippen LogP contribution in [0.25, 0.3) is 0 Å². The van der Waals surface area contributed by atoms with Crippen LogP contribution in [0.4, 0.5) is 5.69 Å². The fourth-order valence-corrected chi connectivity index (χ4v) is 11.7.